The summed E-state index contributed by atoms with van der Waals surface area (Å²) in [5.41, 5.74) is 14.9. The zero-order valence-electron chi connectivity index (χ0n) is 22.0. The Balaban J connectivity index is 1.27. The molecular weight excluding hydrogens is 550 g/mol. The molecule has 2 amide bonds. The maximum Gasteiger partial charge on any atom is 0.326 e. The largest absolute Gasteiger partial charge is 0.480 e. The number of carboxylic acids is 1. The Morgan fingerprint density at radius 3 is 2.49 bits per heavy atom. The number of hydrogen-bond donors (Lipinski definition) is 6. The van der Waals surface area contributed by atoms with Crippen LogP contribution in [0.25, 0.3) is 11.2 Å². The molecule has 0 aliphatic carbocycles. The molecule has 4 aromatic rings. The van der Waals surface area contributed by atoms with Gasteiger partial charge in [-0.05, 0) is 61.7 Å². The van der Waals surface area contributed by atoms with Crippen LogP contribution in [0.5, 0.6) is 0 Å². The number of hydrogen-bond acceptors (Lipinski definition) is 10. The summed E-state index contributed by atoms with van der Waals surface area (Å²) in [6.07, 6.45) is 1.99. The first-order valence-corrected chi connectivity index (χ1v) is 12.9. The van der Waals surface area contributed by atoms with Crippen LogP contribution >= 0.6 is 11.6 Å². The number of carbonyl (C=O) groups is 3. The molecule has 2 aromatic carbocycles. The number of carboxylic acid groups (broad SMARTS) is 1. The van der Waals surface area contributed by atoms with E-state index in [0.717, 1.165) is 5.56 Å². The third kappa shape index (κ3) is 7.54. The van der Waals surface area contributed by atoms with E-state index in [4.69, 9.17) is 23.1 Å². The van der Waals surface area contributed by atoms with Crippen molar-refractivity contribution in [2.45, 2.75) is 32.4 Å². The number of nitrogens with two attached hydrogens (primary N) is 2. The SMILES string of the molecule is Cc1ccc(C(=O)NCCC[C@H](NC(=O)c2ccc(NCc3cnc4nc(N)nc(N)c4n3)cc2)C(=O)O)c(Cl)c1. The van der Waals surface area contributed by atoms with Gasteiger partial charge in [-0.15, -0.1) is 0 Å². The summed E-state index contributed by atoms with van der Waals surface area (Å²) in [5, 5.41) is 18.3. The Morgan fingerprint density at radius 2 is 1.78 bits per heavy atom. The van der Waals surface area contributed by atoms with Crippen LogP contribution in [0.3, 0.4) is 0 Å². The van der Waals surface area contributed by atoms with Crippen molar-refractivity contribution < 1.29 is 19.5 Å². The molecule has 0 aliphatic heterocycles. The molecule has 1 atom stereocenters. The fourth-order valence-electron chi connectivity index (χ4n) is 3.91. The second-order valence-electron chi connectivity index (χ2n) is 9.18. The minimum Gasteiger partial charge on any atom is -0.480 e. The minimum absolute atomic E-state index is 0.0158. The number of rotatable bonds is 11. The van der Waals surface area contributed by atoms with E-state index >= 15 is 0 Å². The Hall–Kier alpha value is -5.04. The van der Waals surface area contributed by atoms with Crippen molar-refractivity contribution in [1.82, 2.24) is 30.6 Å². The summed E-state index contributed by atoms with van der Waals surface area (Å²) in [4.78, 5) is 53.3. The lowest BCUT2D eigenvalue weighted by molar-refractivity contribution is -0.139. The number of nitrogen functional groups attached to an aromatic ring is 2. The predicted molar refractivity (Wildman–Crippen MR) is 154 cm³/mol. The van der Waals surface area contributed by atoms with Gasteiger partial charge in [-0.3, -0.25) is 9.59 Å². The molecule has 0 saturated carbocycles. The van der Waals surface area contributed by atoms with Gasteiger partial charge in [0, 0.05) is 17.8 Å². The molecular formula is C27H28ClN9O4. The Bertz CT molecular complexity index is 1600. The minimum atomic E-state index is -1.17. The third-order valence-electron chi connectivity index (χ3n) is 6.05. The zero-order valence-corrected chi connectivity index (χ0v) is 22.8. The van der Waals surface area contributed by atoms with E-state index in [1.54, 1.807) is 42.5 Å². The van der Waals surface area contributed by atoms with Crippen LogP contribution in [-0.4, -0.2) is 55.4 Å². The summed E-state index contributed by atoms with van der Waals surface area (Å²) in [6.45, 7) is 2.40. The summed E-state index contributed by atoms with van der Waals surface area (Å²) >= 11 is 6.12. The molecule has 8 N–H and O–H groups in total. The van der Waals surface area contributed by atoms with Gasteiger partial charge in [0.05, 0.1) is 29.0 Å². The van der Waals surface area contributed by atoms with Gasteiger partial charge in [0.15, 0.2) is 17.0 Å². The fraction of sp³-hybridized carbons (Fsp3) is 0.222. The molecule has 2 aromatic heterocycles. The van der Waals surface area contributed by atoms with Crippen molar-refractivity contribution in [2.75, 3.05) is 23.3 Å². The van der Waals surface area contributed by atoms with Crippen molar-refractivity contribution >= 4 is 58.0 Å². The van der Waals surface area contributed by atoms with Crippen molar-refractivity contribution in [3.05, 3.63) is 76.1 Å². The van der Waals surface area contributed by atoms with E-state index in [1.165, 1.54) is 6.20 Å². The number of halogens is 1. The number of anilines is 3. The molecule has 4 rings (SSSR count). The molecule has 13 nitrogen and oxygen atoms in total. The van der Waals surface area contributed by atoms with E-state index in [0.29, 0.717) is 46.1 Å². The molecule has 2 heterocycles. The Morgan fingerprint density at radius 1 is 1.02 bits per heavy atom. The van der Waals surface area contributed by atoms with Crippen molar-refractivity contribution in [1.29, 1.82) is 0 Å². The fourth-order valence-corrected chi connectivity index (χ4v) is 4.23. The molecule has 0 radical (unpaired) electrons. The van der Waals surface area contributed by atoms with Crippen LogP contribution in [0.15, 0.2) is 48.7 Å². The van der Waals surface area contributed by atoms with Crippen LogP contribution in [0.1, 0.15) is 44.8 Å². The van der Waals surface area contributed by atoms with Crippen molar-refractivity contribution in [2.24, 2.45) is 0 Å². The predicted octanol–water partition coefficient (Wildman–Crippen LogP) is 2.55. The Labute approximate surface area is 239 Å². The highest BCUT2D eigenvalue weighted by Crippen LogP contribution is 2.18. The van der Waals surface area contributed by atoms with Crippen molar-refractivity contribution in [3.8, 4) is 0 Å². The first-order chi connectivity index (χ1) is 19.6. The van der Waals surface area contributed by atoms with Gasteiger partial charge >= 0.3 is 5.97 Å². The second-order valence-corrected chi connectivity index (χ2v) is 9.58. The number of carbonyl (C=O) groups excluding carboxylic acids is 2. The average molecular weight is 578 g/mol. The maximum absolute atomic E-state index is 12.7. The van der Waals surface area contributed by atoms with Gasteiger partial charge in [-0.1, -0.05) is 17.7 Å². The number of fused-ring (bicyclic) bond motifs is 1. The second kappa shape index (κ2) is 12.9. The molecule has 0 aliphatic rings. The van der Waals surface area contributed by atoms with E-state index < -0.39 is 17.9 Å². The number of aromatic nitrogens is 4. The summed E-state index contributed by atoms with van der Waals surface area (Å²) in [7, 11) is 0. The highest BCUT2D eigenvalue weighted by molar-refractivity contribution is 6.33. The van der Waals surface area contributed by atoms with Gasteiger partial charge in [0.25, 0.3) is 11.8 Å². The topological polar surface area (TPSA) is 211 Å². The number of benzene rings is 2. The third-order valence-corrected chi connectivity index (χ3v) is 6.36. The summed E-state index contributed by atoms with van der Waals surface area (Å²) in [5.74, 6) is -1.91. The first-order valence-electron chi connectivity index (χ1n) is 12.6. The van der Waals surface area contributed by atoms with Crippen LogP contribution < -0.4 is 27.4 Å². The quantitative estimate of drug-likeness (QED) is 0.142. The number of aliphatic carboxylic acids is 1. The first kappa shape index (κ1) is 29.0. The monoisotopic (exact) mass is 577 g/mol. The zero-order chi connectivity index (χ0) is 29.5. The van der Waals surface area contributed by atoms with Crippen LogP contribution in [0.4, 0.5) is 17.5 Å². The molecule has 0 saturated heterocycles. The highest BCUT2D eigenvalue weighted by Gasteiger charge is 2.21. The van der Waals surface area contributed by atoms with Gasteiger partial charge in [0.2, 0.25) is 5.95 Å². The lowest BCUT2D eigenvalue weighted by atomic mass is 10.1. The number of nitrogens with zero attached hydrogens (tertiary/aromatic N) is 4. The molecule has 41 heavy (non-hydrogen) atoms. The lowest BCUT2D eigenvalue weighted by Gasteiger charge is -2.15. The van der Waals surface area contributed by atoms with E-state index in [-0.39, 0.29) is 36.2 Å². The van der Waals surface area contributed by atoms with Crippen LogP contribution in [-0.2, 0) is 11.3 Å². The molecule has 14 heteroatoms. The average Bonchev–Trinajstić information content (AvgIpc) is 2.93. The smallest absolute Gasteiger partial charge is 0.326 e. The summed E-state index contributed by atoms with van der Waals surface area (Å²) < 4.78 is 0. The maximum atomic E-state index is 12.7. The molecule has 0 bridgehead atoms. The van der Waals surface area contributed by atoms with Gasteiger partial charge in [-0.2, -0.15) is 9.97 Å². The standard InChI is InChI=1S/C27H28ClN9O4/c1-14-4-9-18(19(28)11-14)25(39)31-10-2-3-20(26(40)41)35-24(38)15-5-7-16(8-6-15)32-12-17-13-33-23-21(34-17)22(29)36-27(30)37-23/h4-9,11,13,20,32H,2-3,10,12H2,1H3,(H,31,39)(H,35,38)(H,40,41)(H4,29,30,33,36,37)/t20-/m0/s1. The van der Waals surface area contributed by atoms with E-state index in [2.05, 4.69) is 35.9 Å². The van der Waals surface area contributed by atoms with Gasteiger partial charge in [-0.25, -0.2) is 14.8 Å². The van der Waals surface area contributed by atoms with Crippen molar-refractivity contribution in [3.63, 3.8) is 0 Å². The Kier molecular flexibility index (Phi) is 9.09. The number of amides is 2. The molecule has 0 spiro atoms. The molecule has 212 valence electrons. The van der Waals surface area contributed by atoms with E-state index in [1.807, 2.05) is 6.92 Å². The van der Waals surface area contributed by atoms with Gasteiger partial charge in [0.1, 0.15) is 6.04 Å². The van der Waals surface area contributed by atoms with Crippen LogP contribution in [0, 0.1) is 6.92 Å². The molecule has 0 fully saturated rings. The highest BCUT2D eigenvalue weighted by atomic mass is 35.5. The normalized spacial score (nSPS) is 11.6. The number of nitrogens with one attached hydrogen (secondary N) is 3. The van der Waals surface area contributed by atoms with E-state index in [9.17, 15) is 19.5 Å². The number of aryl methyl sites for hydroxylation is 1. The summed E-state index contributed by atoms with van der Waals surface area (Å²) in [6, 6.07) is 10.5. The van der Waals surface area contributed by atoms with Gasteiger partial charge < -0.3 is 32.5 Å². The molecule has 0 unspecified atom stereocenters. The lowest BCUT2D eigenvalue weighted by Crippen LogP contribution is -2.41. The van der Waals surface area contributed by atoms with Crippen LogP contribution in [0.2, 0.25) is 5.02 Å².